The van der Waals surface area contributed by atoms with Crippen LogP contribution in [0.5, 0.6) is 0 Å². The summed E-state index contributed by atoms with van der Waals surface area (Å²) in [5, 5.41) is 1.17. The van der Waals surface area contributed by atoms with Gasteiger partial charge in [-0.15, -0.1) is 11.3 Å². The van der Waals surface area contributed by atoms with E-state index in [1.165, 1.54) is 5.38 Å². The van der Waals surface area contributed by atoms with Crippen LogP contribution >= 0.6 is 33.9 Å². The van der Waals surface area contributed by atoms with Gasteiger partial charge in [-0.25, -0.2) is 0 Å². The average molecular weight is 354 g/mol. The highest BCUT2D eigenvalue weighted by molar-refractivity contribution is 14.1. The molecular weight excluding hydrogens is 348 g/mol. The zero-order chi connectivity index (χ0) is 11.8. The summed E-state index contributed by atoms with van der Waals surface area (Å²) in [6.07, 6.45) is -4.26. The van der Waals surface area contributed by atoms with Gasteiger partial charge in [0.05, 0.1) is 5.56 Å². The van der Waals surface area contributed by atoms with Crippen molar-refractivity contribution in [3.63, 3.8) is 0 Å². The molecule has 1 aromatic heterocycles. The molecule has 84 valence electrons. The van der Waals surface area contributed by atoms with Gasteiger partial charge in [0, 0.05) is 13.8 Å². The molecule has 0 aliphatic carbocycles. The van der Waals surface area contributed by atoms with Crippen LogP contribution in [0.1, 0.15) is 5.56 Å². The number of thiophene rings is 1. The van der Waals surface area contributed by atoms with E-state index in [4.69, 9.17) is 0 Å². The molecule has 0 saturated carbocycles. The number of benzene rings is 1. The standard InChI is InChI=1S/C11H6F3IS/c12-11(13,14)8-6-16-10(9(8)15)7-4-2-1-3-5-7/h1-6H. The number of halogens is 4. The first-order chi connectivity index (χ1) is 7.50. The van der Waals surface area contributed by atoms with Gasteiger partial charge in [0.1, 0.15) is 0 Å². The molecule has 0 spiro atoms. The van der Waals surface area contributed by atoms with Gasteiger partial charge in [0.2, 0.25) is 0 Å². The van der Waals surface area contributed by atoms with Gasteiger partial charge in [0.25, 0.3) is 0 Å². The molecule has 0 amide bonds. The number of hydrogen-bond acceptors (Lipinski definition) is 1. The molecule has 1 aromatic carbocycles. The Bertz CT molecular complexity index is 488. The van der Waals surface area contributed by atoms with E-state index in [1.54, 1.807) is 22.6 Å². The van der Waals surface area contributed by atoms with Crippen LogP contribution in [0.2, 0.25) is 0 Å². The lowest BCUT2D eigenvalue weighted by Crippen LogP contribution is -2.04. The second-order valence-corrected chi connectivity index (χ2v) is 5.11. The molecule has 1 heterocycles. The van der Waals surface area contributed by atoms with Gasteiger partial charge < -0.3 is 0 Å². The largest absolute Gasteiger partial charge is 0.418 e. The van der Waals surface area contributed by atoms with Crippen molar-refractivity contribution in [2.75, 3.05) is 0 Å². The predicted octanol–water partition coefficient (Wildman–Crippen LogP) is 5.04. The summed E-state index contributed by atoms with van der Waals surface area (Å²) in [6.45, 7) is 0. The summed E-state index contributed by atoms with van der Waals surface area (Å²) < 4.78 is 38.0. The number of hydrogen-bond donors (Lipinski definition) is 0. The third-order valence-electron chi connectivity index (χ3n) is 2.07. The minimum absolute atomic E-state index is 0.279. The highest BCUT2D eigenvalue weighted by Gasteiger charge is 2.35. The Labute approximate surface area is 108 Å². The lowest BCUT2D eigenvalue weighted by Gasteiger charge is -2.05. The monoisotopic (exact) mass is 354 g/mol. The molecule has 2 aromatic rings. The Morgan fingerprint density at radius 3 is 2.19 bits per heavy atom. The van der Waals surface area contributed by atoms with Gasteiger partial charge in [-0.05, 0) is 28.2 Å². The maximum atomic E-state index is 12.6. The van der Waals surface area contributed by atoms with Gasteiger partial charge in [-0.3, -0.25) is 0 Å². The van der Waals surface area contributed by atoms with Crippen LogP contribution in [0.25, 0.3) is 10.4 Å². The molecule has 16 heavy (non-hydrogen) atoms. The van der Waals surface area contributed by atoms with E-state index >= 15 is 0 Å². The molecule has 2 rings (SSSR count). The van der Waals surface area contributed by atoms with Crippen molar-refractivity contribution in [1.82, 2.24) is 0 Å². The van der Waals surface area contributed by atoms with Crippen LogP contribution in [-0.2, 0) is 6.18 Å². The first-order valence-electron chi connectivity index (χ1n) is 4.40. The molecule has 0 radical (unpaired) electrons. The number of rotatable bonds is 1. The molecule has 5 heteroatoms. The fraction of sp³-hybridized carbons (Fsp3) is 0.0909. The highest BCUT2D eigenvalue weighted by atomic mass is 127. The Balaban J connectivity index is 2.50. The zero-order valence-corrected chi connectivity index (χ0v) is 10.9. The smallest absolute Gasteiger partial charge is 0.166 e. The van der Waals surface area contributed by atoms with Crippen LogP contribution < -0.4 is 0 Å². The van der Waals surface area contributed by atoms with Gasteiger partial charge in [-0.1, -0.05) is 30.3 Å². The SMILES string of the molecule is FC(F)(F)c1csc(-c2ccccc2)c1I. The molecule has 0 unspecified atom stereocenters. The van der Waals surface area contributed by atoms with E-state index in [2.05, 4.69) is 0 Å². The molecule has 0 fully saturated rings. The van der Waals surface area contributed by atoms with E-state index in [0.717, 1.165) is 16.9 Å². The summed E-state index contributed by atoms with van der Waals surface area (Å²) >= 11 is 2.88. The fourth-order valence-corrected chi connectivity index (χ4v) is 3.66. The van der Waals surface area contributed by atoms with Crippen LogP contribution in [0.15, 0.2) is 35.7 Å². The van der Waals surface area contributed by atoms with Crippen LogP contribution in [0.4, 0.5) is 13.2 Å². The third kappa shape index (κ3) is 2.24. The lowest BCUT2D eigenvalue weighted by molar-refractivity contribution is -0.137. The van der Waals surface area contributed by atoms with Crippen molar-refractivity contribution < 1.29 is 13.2 Å². The first kappa shape index (κ1) is 11.9. The van der Waals surface area contributed by atoms with Crippen molar-refractivity contribution >= 4 is 33.9 Å². The molecule has 0 bridgehead atoms. The zero-order valence-electron chi connectivity index (χ0n) is 7.88. The van der Waals surface area contributed by atoms with E-state index in [1.807, 2.05) is 30.3 Å². The highest BCUT2D eigenvalue weighted by Crippen LogP contribution is 2.41. The summed E-state index contributed by atoms with van der Waals surface area (Å²) in [4.78, 5) is 0.675. The molecule has 0 atom stereocenters. The normalized spacial score (nSPS) is 11.8. The average Bonchev–Trinajstić information content (AvgIpc) is 2.61. The summed E-state index contributed by atoms with van der Waals surface area (Å²) in [7, 11) is 0. The maximum absolute atomic E-state index is 12.6. The lowest BCUT2D eigenvalue weighted by atomic mass is 10.2. The van der Waals surface area contributed by atoms with Crippen molar-refractivity contribution in [1.29, 1.82) is 0 Å². The van der Waals surface area contributed by atoms with Gasteiger partial charge in [0.15, 0.2) is 0 Å². The Hall–Kier alpha value is -0.560. The molecule has 0 aliphatic heterocycles. The van der Waals surface area contributed by atoms with Gasteiger partial charge >= 0.3 is 6.18 Å². The quantitative estimate of drug-likeness (QED) is 0.630. The van der Waals surface area contributed by atoms with Crippen molar-refractivity contribution in [3.05, 3.63) is 44.8 Å². The minimum Gasteiger partial charge on any atom is -0.166 e. The van der Waals surface area contributed by atoms with Crippen molar-refractivity contribution in [2.24, 2.45) is 0 Å². The summed E-state index contributed by atoms with van der Waals surface area (Å²) in [6, 6.07) is 9.10. The maximum Gasteiger partial charge on any atom is 0.418 e. The molecule has 0 nitrogen and oxygen atoms in total. The van der Waals surface area contributed by atoms with Crippen LogP contribution in [0, 0.1) is 3.57 Å². The first-order valence-corrected chi connectivity index (χ1v) is 6.35. The van der Waals surface area contributed by atoms with E-state index in [-0.39, 0.29) is 3.57 Å². The Morgan fingerprint density at radius 2 is 1.69 bits per heavy atom. The van der Waals surface area contributed by atoms with E-state index in [0.29, 0.717) is 4.88 Å². The topological polar surface area (TPSA) is 0 Å². The molecule has 0 aliphatic rings. The molecular formula is C11H6F3IS. The Kier molecular flexibility index (Phi) is 3.25. The second-order valence-electron chi connectivity index (χ2n) is 3.16. The van der Waals surface area contributed by atoms with E-state index in [9.17, 15) is 13.2 Å². The van der Waals surface area contributed by atoms with Gasteiger partial charge in [-0.2, -0.15) is 13.2 Å². The summed E-state index contributed by atoms with van der Waals surface area (Å²) in [5.41, 5.74) is 0.282. The van der Waals surface area contributed by atoms with E-state index < -0.39 is 11.7 Å². The number of alkyl halides is 3. The minimum atomic E-state index is -4.26. The third-order valence-corrected chi connectivity index (χ3v) is 4.59. The summed E-state index contributed by atoms with van der Waals surface area (Å²) in [5.74, 6) is 0. The molecule has 0 N–H and O–H groups in total. The fourth-order valence-electron chi connectivity index (χ4n) is 1.32. The van der Waals surface area contributed by atoms with Crippen LogP contribution in [0.3, 0.4) is 0 Å². The second kappa shape index (κ2) is 4.37. The van der Waals surface area contributed by atoms with Crippen molar-refractivity contribution in [3.8, 4) is 10.4 Å². The van der Waals surface area contributed by atoms with Crippen LogP contribution in [-0.4, -0.2) is 0 Å². The Morgan fingerprint density at radius 1 is 1.06 bits per heavy atom. The van der Waals surface area contributed by atoms with Crippen molar-refractivity contribution in [2.45, 2.75) is 6.18 Å². The predicted molar refractivity (Wildman–Crippen MR) is 67.5 cm³/mol. The molecule has 0 saturated heterocycles.